The summed E-state index contributed by atoms with van der Waals surface area (Å²) in [5.41, 5.74) is 7.13. The van der Waals surface area contributed by atoms with Gasteiger partial charge in [0.2, 0.25) is 5.95 Å². The van der Waals surface area contributed by atoms with E-state index in [2.05, 4.69) is 31.9 Å². The van der Waals surface area contributed by atoms with Crippen molar-refractivity contribution in [2.75, 3.05) is 50.5 Å². The van der Waals surface area contributed by atoms with Gasteiger partial charge in [0.15, 0.2) is 5.65 Å². The van der Waals surface area contributed by atoms with Crippen molar-refractivity contribution in [3.8, 4) is 0 Å². The Hall–Kier alpha value is -1.93. The lowest BCUT2D eigenvalue weighted by atomic mass is 9.70. The Balaban J connectivity index is 1.59. The topological polar surface area (TPSA) is 85.3 Å². The van der Waals surface area contributed by atoms with Crippen LogP contribution in [0.4, 0.5) is 11.8 Å². The highest BCUT2D eigenvalue weighted by Crippen LogP contribution is 2.51. The number of nitrogen functional groups attached to an aromatic ring is 1. The van der Waals surface area contributed by atoms with Crippen LogP contribution in [-0.2, 0) is 11.8 Å². The number of aromatic nitrogens is 4. The zero-order valence-corrected chi connectivity index (χ0v) is 14.9. The Morgan fingerprint density at radius 2 is 2.00 bits per heavy atom. The predicted octanol–water partition coefficient (Wildman–Crippen LogP) is 0.493. The summed E-state index contributed by atoms with van der Waals surface area (Å²) in [7, 11) is 4.11. The third-order valence-electron chi connectivity index (χ3n) is 6.57. The average molecular weight is 343 g/mol. The smallest absolute Gasteiger partial charge is 0.224 e. The van der Waals surface area contributed by atoms with Gasteiger partial charge in [0.1, 0.15) is 5.82 Å². The third kappa shape index (κ3) is 2.17. The van der Waals surface area contributed by atoms with Crippen molar-refractivity contribution >= 4 is 22.8 Å². The Labute approximate surface area is 146 Å². The second-order valence-electron chi connectivity index (χ2n) is 7.92. The summed E-state index contributed by atoms with van der Waals surface area (Å²) in [6.45, 7) is 4.98. The van der Waals surface area contributed by atoms with Gasteiger partial charge in [0.25, 0.3) is 0 Å². The second-order valence-corrected chi connectivity index (χ2v) is 7.92. The fourth-order valence-corrected chi connectivity index (χ4v) is 5.08. The Morgan fingerprint density at radius 1 is 1.20 bits per heavy atom. The molecule has 0 unspecified atom stereocenters. The van der Waals surface area contributed by atoms with Crippen LogP contribution in [0.25, 0.3) is 11.0 Å². The van der Waals surface area contributed by atoms with Gasteiger partial charge in [-0.05, 0) is 38.4 Å². The van der Waals surface area contributed by atoms with Crippen LogP contribution in [0, 0.1) is 11.3 Å². The molecule has 0 saturated carbocycles. The average Bonchev–Trinajstić information content (AvgIpc) is 3.28. The standard InChI is InChI=1S/C17H25N7O/c1-22-5-3-17(4-6-22)10-24(13-9-25-8-12(13)17)15-11-7-19-23(2)14(11)20-16(18)21-15/h7,12-13H,3-6,8-10H2,1-2H3,(H2,18,20,21)/t12-,13+/m0/s1. The molecule has 0 bridgehead atoms. The predicted molar refractivity (Wildman–Crippen MR) is 95.3 cm³/mol. The van der Waals surface area contributed by atoms with Crippen LogP contribution in [0.1, 0.15) is 12.8 Å². The highest BCUT2D eigenvalue weighted by atomic mass is 16.5. The number of nitrogens with two attached hydrogens (primary N) is 1. The molecule has 0 radical (unpaired) electrons. The van der Waals surface area contributed by atoms with Crippen LogP contribution in [0.15, 0.2) is 6.20 Å². The molecule has 8 nitrogen and oxygen atoms in total. The maximum atomic E-state index is 6.02. The van der Waals surface area contributed by atoms with Gasteiger partial charge in [-0.3, -0.25) is 4.68 Å². The summed E-state index contributed by atoms with van der Waals surface area (Å²) >= 11 is 0. The van der Waals surface area contributed by atoms with Crippen LogP contribution in [0.3, 0.4) is 0 Å². The molecular formula is C17H25N7O. The van der Waals surface area contributed by atoms with Crippen LogP contribution >= 0.6 is 0 Å². The van der Waals surface area contributed by atoms with E-state index in [4.69, 9.17) is 10.5 Å². The van der Waals surface area contributed by atoms with E-state index in [0.717, 1.165) is 49.7 Å². The van der Waals surface area contributed by atoms with Crippen LogP contribution in [-0.4, -0.2) is 70.6 Å². The van der Waals surface area contributed by atoms with Crippen molar-refractivity contribution in [1.82, 2.24) is 24.6 Å². The molecule has 3 fully saturated rings. The van der Waals surface area contributed by atoms with Crippen molar-refractivity contribution < 1.29 is 4.74 Å². The summed E-state index contributed by atoms with van der Waals surface area (Å²) in [4.78, 5) is 13.9. The van der Waals surface area contributed by atoms with E-state index < -0.39 is 0 Å². The van der Waals surface area contributed by atoms with Crippen molar-refractivity contribution in [1.29, 1.82) is 0 Å². The Morgan fingerprint density at radius 3 is 2.80 bits per heavy atom. The molecule has 2 atom stereocenters. The van der Waals surface area contributed by atoms with Gasteiger partial charge in [0.05, 0.1) is 30.8 Å². The van der Waals surface area contributed by atoms with E-state index in [1.165, 1.54) is 12.8 Å². The maximum absolute atomic E-state index is 6.02. The summed E-state index contributed by atoms with van der Waals surface area (Å²) in [6.07, 6.45) is 4.30. The number of aryl methyl sites for hydroxylation is 1. The lowest BCUT2D eigenvalue weighted by Gasteiger charge is -2.40. The molecular weight excluding hydrogens is 318 g/mol. The zero-order valence-electron chi connectivity index (χ0n) is 14.9. The minimum absolute atomic E-state index is 0.311. The zero-order chi connectivity index (χ0) is 17.2. The number of nitrogens with zero attached hydrogens (tertiary/aromatic N) is 6. The highest BCUT2D eigenvalue weighted by Gasteiger charge is 2.56. The summed E-state index contributed by atoms with van der Waals surface area (Å²) in [5.74, 6) is 1.81. The van der Waals surface area contributed by atoms with Gasteiger partial charge >= 0.3 is 0 Å². The van der Waals surface area contributed by atoms with Gasteiger partial charge < -0.3 is 20.3 Å². The molecule has 0 aromatic carbocycles. The Kier molecular flexibility index (Phi) is 3.24. The molecule has 134 valence electrons. The van der Waals surface area contributed by atoms with E-state index >= 15 is 0 Å². The molecule has 2 aromatic heterocycles. The second kappa shape index (κ2) is 5.28. The van der Waals surface area contributed by atoms with Crippen LogP contribution < -0.4 is 10.6 Å². The number of piperidine rings is 1. The summed E-state index contributed by atoms with van der Waals surface area (Å²) in [6, 6.07) is 0.376. The van der Waals surface area contributed by atoms with Crippen molar-refractivity contribution in [2.24, 2.45) is 18.4 Å². The highest BCUT2D eigenvalue weighted by molar-refractivity contribution is 5.88. The molecule has 3 aliphatic rings. The molecule has 3 saturated heterocycles. The molecule has 2 aromatic rings. The van der Waals surface area contributed by atoms with Crippen LogP contribution in [0.5, 0.6) is 0 Å². The summed E-state index contributed by atoms with van der Waals surface area (Å²) < 4.78 is 7.68. The van der Waals surface area contributed by atoms with Gasteiger partial charge in [0, 0.05) is 19.5 Å². The quantitative estimate of drug-likeness (QED) is 0.806. The van der Waals surface area contributed by atoms with E-state index in [9.17, 15) is 0 Å². The van der Waals surface area contributed by atoms with E-state index in [-0.39, 0.29) is 0 Å². The van der Waals surface area contributed by atoms with E-state index in [1.54, 1.807) is 4.68 Å². The van der Waals surface area contributed by atoms with Gasteiger partial charge in [-0.1, -0.05) is 0 Å². The van der Waals surface area contributed by atoms with Crippen molar-refractivity contribution in [3.05, 3.63) is 6.20 Å². The number of hydrogen-bond acceptors (Lipinski definition) is 7. The SMILES string of the molecule is CN1CCC2(CC1)CN(c1nc(N)nc3c1cnn3C)[C@@H]1COC[C@@H]12. The molecule has 0 amide bonds. The van der Waals surface area contributed by atoms with Crippen molar-refractivity contribution in [2.45, 2.75) is 18.9 Å². The lowest BCUT2D eigenvalue weighted by Crippen LogP contribution is -2.43. The molecule has 5 rings (SSSR count). The first-order valence-corrected chi connectivity index (χ1v) is 9.06. The minimum Gasteiger partial charge on any atom is -0.379 e. The molecule has 0 aliphatic carbocycles. The number of ether oxygens (including phenoxy) is 1. The first kappa shape index (κ1) is 15.3. The maximum Gasteiger partial charge on any atom is 0.224 e. The van der Waals surface area contributed by atoms with Gasteiger partial charge in [-0.25, -0.2) is 0 Å². The number of anilines is 2. The molecule has 3 aliphatic heterocycles. The monoisotopic (exact) mass is 343 g/mol. The first-order valence-electron chi connectivity index (χ1n) is 9.06. The first-order chi connectivity index (χ1) is 12.1. The van der Waals surface area contributed by atoms with E-state index in [1.807, 2.05) is 13.2 Å². The molecule has 1 spiro atoms. The number of fused-ring (bicyclic) bond motifs is 3. The molecule has 5 heterocycles. The number of rotatable bonds is 1. The minimum atomic E-state index is 0.311. The molecule has 2 N–H and O–H groups in total. The summed E-state index contributed by atoms with van der Waals surface area (Å²) in [5, 5.41) is 5.34. The fourth-order valence-electron chi connectivity index (χ4n) is 5.08. The third-order valence-corrected chi connectivity index (χ3v) is 6.57. The molecule has 8 heteroatoms. The lowest BCUT2D eigenvalue weighted by molar-refractivity contribution is 0.0716. The normalized spacial score (nSPS) is 29.0. The van der Waals surface area contributed by atoms with E-state index in [0.29, 0.717) is 23.3 Å². The Bertz CT molecular complexity index is 811. The van der Waals surface area contributed by atoms with Gasteiger partial charge in [-0.2, -0.15) is 15.1 Å². The van der Waals surface area contributed by atoms with Crippen molar-refractivity contribution in [3.63, 3.8) is 0 Å². The number of likely N-dealkylation sites (tertiary alicyclic amines) is 1. The fraction of sp³-hybridized carbons (Fsp3) is 0.706. The largest absolute Gasteiger partial charge is 0.379 e. The van der Waals surface area contributed by atoms with Crippen LogP contribution in [0.2, 0.25) is 0 Å². The van der Waals surface area contributed by atoms with Gasteiger partial charge in [-0.15, -0.1) is 0 Å². The molecule has 25 heavy (non-hydrogen) atoms. The number of hydrogen-bond donors (Lipinski definition) is 1.